The Labute approximate surface area is 158 Å². The molecule has 2 aromatic rings. The highest BCUT2D eigenvalue weighted by molar-refractivity contribution is 8.33. The monoisotopic (exact) mass is 422 g/mol. The highest BCUT2D eigenvalue weighted by atomic mass is 32.3. The summed E-state index contributed by atoms with van der Waals surface area (Å²) >= 11 is 0. The Morgan fingerprint density at radius 1 is 1.15 bits per heavy atom. The number of alkyl halides is 3. The Morgan fingerprint density at radius 2 is 1.85 bits per heavy atom. The average molecular weight is 422 g/mol. The Kier molecular flexibility index (Phi) is 5.77. The van der Waals surface area contributed by atoms with E-state index >= 15 is 0 Å². The number of fused-ring (bicyclic) bond motifs is 1. The second-order valence-electron chi connectivity index (χ2n) is 6.41. The van der Waals surface area contributed by atoms with Crippen LogP contribution in [0.4, 0.5) is 13.2 Å². The van der Waals surface area contributed by atoms with E-state index in [0.717, 1.165) is 11.8 Å². The van der Waals surface area contributed by atoms with E-state index in [0.29, 0.717) is 23.3 Å². The van der Waals surface area contributed by atoms with E-state index in [2.05, 4.69) is 0 Å². The van der Waals surface area contributed by atoms with Crippen molar-refractivity contribution in [3.05, 3.63) is 42.5 Å². The fourth-order valence-corrected chi connectivity index (χ4v) is 8.69. The summed E-state index contributed by atoms with van der Waals surface area (Å²) in [5, 5.41) is 1.54. The molecule has 3 rings (SSSR count). The van der Waals surface area contributed by atoms with Crippen LogP contribution in [-0.2, 0) is 18.5 Å². The summed E-state index contributed by atoms with van der Waals surface area (Å²) in [4.78, 5) is 0.524. The van der Waals surface area contributed by atoms with Crippen molar-refractivity contribution in [3.63, 3.8) is 0 Å². The van der Waals surface area contributed by atoms with Crippen LogP contribution in [0, 0.1) is 0 Å². The van der Waals surface area contributed by atoms with Crippen LogP contribution in [0.5, 0.6) is 0 Å². The number of hydrogen-bond acceptors (Lipinski definition) is 4. The van der Waals surface area contributed by atoms with Gasteiger partial charge in [-0.2, -0.15) is 21.6 Å². The van der Waals surface area contributed by atoms with Gasteiger partial charge in [-0.05, 0) is 29.7 Å². The van der Waals surface area contributed by atoms with Crippen molar-refractivity contribution >= 4 is 31.2 Å². The molecule has 150 valence electrons. The van der Waals surface area contributed by atoms with E-state index in [-0.39, 0.29) is 17.6 Å². The van der Waals surface area contributed by atoms with Gasteiger partial charge in [-0.25, -0.2) is 3.63 Å². The molecule has 9 heteroatoms. The molecule has 0 radical (unpaired) electrons. The molecular formula is C18H21F3O4S2. The van der Waals surface area contributed by atoms with Gasteiger partial charge in [0.15, 0.2) is 0 Å². The standard InChI is InChI=1S/C18H21F3O4S2/c1-2-11-24-15-10-12-26(13-15,25-27(22,23)18(19,20)21)17-9-5-7-14-6-3-4-8-16(14)17/h3-9,15H,2,10-13H2,1H3. The Hall–Kier alpha value is -1.29. The lowest BCUT2D eigenvalue weighted by Gasteiger charge is -2.35. The topological polar surface area (TPSA) is 52.6 Å². The van der Waals surface area contributed by atoms with Crippen LogP contribution >= 0.6 is 10.3 Å². The lowest BCUT2D eigenvalue weighted by atomic mass is 10.1. The van der Waals surface area contributed by atoms with Crippen LogP contribution in [0.2, 0.25) is 0 Å². The highest BCUT2D eigenvalue weighted by Gasteiger charge is 2.53. The molecule has 0 aliphatic carbocycles. The summed E-state index contributed by atoms with van der Waals surface area (Å²) in [6.07, 6.45) is 0.920. The normalized spacial score (nSPS) is 26.1. The van der Waals surface area contributed by atoms with Crippen LogP contribution in [0.25, 0.3) is 10.8 Å². The molecule has 0 saturated carbocycles. The van der Waals surface area contributed by atoms with Crippen molar-refractivity contribution in [2.24, 2.45) is 0 Å². The van der Waals surface area contributed by atoms with Gasteiger partial charge in [-0.15, -0.1) is 0 Å². The predicted octanol–water partition coefficient (Wildman–Crippen LogP) is 4.98. The summed E-state index contributed by atoms with van der Waals surface area (Å²) < 4.78 is 73.6. The first-order valence-corrected chi connectivity index (χ1v) is 11.9. The van der Waals surface area contributed by atoms with Gasteiger partial charge in [0, 0.05) is 23.0 Å². The highest BCUT2D eigenvalue weighted by Crippen LogP contribution is 2.65. The fourth-order valence-electron chi connectivity index (χ4n) is 3.23. The van der Waals surface area contributed by atoms with Crippen molar-refractivity contribution in [1.82, 2.24) is 0 Å². The zero-order valence-electron chi connectivity index (χ0n) is 14.7. The molecule has 27 heavy (non-hydrogen) atoms. The summed E-state index contributed by atoms with van der Waals surface area (Å²) in [5.41, 5.74) is -5.46. The molecule has 1 aliphatic rings. The van der Waals surface area contributed by atoms with Gasteiger partial charge in [0.2, 0.25) is 0 Å². The molecule has 1 aliphatic heterocycles. The quantitative estimate of drug-likeness (QED) is 0.616. The van der Waals surface area contributed by atoms with Crippen LogP contribution in [0.15, 0.2) is 47.4 Å². The summed E-state index contributed by atoms with van der Waals surface area (Å²) in [7, 11) is -8.44. The summed E-state index contributed by atoms with van der Waals surface area (Å²) in [6.45, 7) is 2.41. The molecule has 0 N–H and O–H groups in total. The third-order valence-corrected chi connectivity index (χ3v) is 9.72. The van der Waals surface area contributed by atoms with Crippen molar-refractivity contribution in [2.45, 2.75) is 36.3 Å². The van der Waals surface area contributed by atoms with E-state index in [4.69, 9.17) is 8.37 Å². The van der Waals surface area contributed by atoms with E-state index in [1.165, 1.54) is 0 Å². The number of rotatable bonds is 6. The third-order valence-electron chi connectivity index (χ3n) is 4.44. The van der Waals surface area contributed by atoms with E-state index in [9.17, 15) is 21.6 Å². The number of ether oxygens (including phenoxy) is 1. The molecule has 0 aromatic heterocycles. The van der Waals surface area contributed by atoms with Gasteiger partial charge in [-0.3, -0.25) is 0 Å². The Bertz CT molecular complexity index is 909. The zero-order chi connectivity index (χ0) is 19.7. The van der Waals surface area contributed by atoms with Gasteiger partial charge >= 0.3 is 15.6 Å². The first-order valence-electron chi connectivity index (χ1n) is 8.59. The van der Waals surface area contributed by atoms with Gasteiger partial charge < -0.3 is 4.74 Å². The van der Waals surface area contributed by atoms with Crippen molar-refractivity contribution in [2.75, 3.05) is 18.1 Å². The summed E-state index contributed by atoms with van der Waals surface area (Å²) in [5.74, 6) is 0.348. The van der Waals surface area contributed by atoms with Crippen LogP contribution in [0.3, 0.4) is 0 Å². The van der Waals surface area contributed by atoms with Crippen molar-refractivity contribution in [1.29, 1.82) is 0 Å². The van der Waals surface area contributed by atoms with Crippen LogP contribution in [0.1, 0.15) is 19.8 Å². The van der Waals surface area contributed by atoms with E-state index < -0.39 is 25.9 Å². The molecule has 2 unspecified atom stereocenters. The Balaban J connectivity index is 2.08. The first kappa shape index (κ1) is 20.4. The molecule has 0 bridgehead atoms. The maximum Gasteiger partial charge on any atom is 0.523 e. The van der Waals surface area contributed by atoms with Crippen LogP contribution < -0.4 is 0 Å². The molecule has 2 atom stereocenters. The number of benzene rings is 2. The third kappa shape index (κ3) is 4.11. The molecule has 1 fully saturated rings. The molecular weight excluding hydrogens is 401 g/mol. The van der Waals surface area contributed by atoms with E-state index in [1.807, 2.05) is 25.1 Å². The lowest BCUT2D eigenvalue weighted by Crippen LogP contribution is -2.28. The first-order chi connectivity index (χ1) is 12.7. The number of halogens is 3. The second-order valence-corrected chi connectivity index (χ2v) is 11.1. The Morgan fingerprint density at radius 3 is 2.56 bits per heavy atom. The van der Waals surface area contributed by atoms with Gasteiger partial charge in [0.25, 0.3) is 0 Å². The minimum atomic E-state index is -5.72. The minimum Gasteiger partial charge on any atom is -0.377 e. The molecule has 1 heterocycles. The maximum absolute atomic E-state index is 13.1. The van der Waals surface area contributed by atoms with Crippen molar-refractivity contribution in [3.8, 4) is 0 Å². The predicted molar refractivity (Wildman–Crippen MR) is 100 cm³/mol. The SMILES string of the molecule is CCCOC1CCS(OS(=O)(=O)C(F)(F)F)(c2cccc3ccccc23)C1. The second kappa shape index (κ2) is 7.62. The van der Waals surface area contributed by atoms with Gasteiger partial charge in [0.1, 0.15) is 0 Å². The largest absolute Gasteiger partial charge is 0.523 e. The molecule has 1 saturated heterocycles. The van der Waals surface area contributed by atoms with E-state index in [1.54, 1.807) is 24.3 Å². The molecule has 4 nitrogen and oxygen atoms in total. The maximum atomic E-state index is 13.1. The van der Waals surface area contributed by atoms with Crippen molar-refractivity contribution < 1.29 is 30.0 Å². The fraction of sp³-hybridized carbons (Fsp3) is 0.444. The molecule has 0 amide bonds. The minimum absolute atomic E-state index is 0.135. The lowest BCUT2D eigenvalue weighted by molar-refractivity contribution is -0.0496. The van der Waals surface area contributed by atoms with Gasteiger partial charge in [-0.1, -0.05) is 53.6 Å². The van der Waals surface area contributed by atoms with Gasteiger partial charge in [0.05, 0.1) is 6.10 Å². The number of hydrogen-bond donors (Lipinski definition) is 0. The van der Waals surface area contributed by atoms with Crippen LogP contribution in [-0.4, -0.2) is 38.1 Å². The molecule has 2 aromatic carbocycles. The average Bonchev–Trinajstić information content (AvgIpc) is 3.02. The zero-order valence-corrected chi connectivity index (χ0v) is 16.4. The summed E-state index contributed by atoms with van der Waals surface area (Å²) in [6, 6.07) is 12.4. The smallest absolute Gasteiger partial charge is 0.377 e. The molecule has 0 spiro atoms.